The summed E-state index contributed by atoms with van der Waals surface area (Å²) < 4.78 is 3.64. The third-order valence-electron chi connectivity index (χ3n) is 7.19. The number of benzene rings is 2. The van der Waals surface area contributed by atoms with E-state index in [2.05, 4.69) is 5.32 Å². The number of nitrogens with one attached hydrogen (secondary N) is 1. The van der Waals surface area contributed by atoms with E-state index in [0.29, 0.717) is 46.2 Å². The van der Waals surface area contributed by atoms with Crippen LogP contribution in [0.15, 0.2) is 71.5 Å². The summed E-state index contributed by atoms with van der Waals surface area (Å²) in [6.07, 6.45) is 3.50. The average molecular weight is 548 g/mol. The normalized spacial score (nSPS) is 12.2. The Labute approximate surface area is 238 Å². The smallest absolute Gasteiger partial charge is 0.266 e. The molecule has 2 aromatic carbocycles. The van der Waals surface area contributed by atoms with Gasteiger partial charge < -0.3 is 11.1 Å². The monoisotopic (exact) mass is 547 g/mol. The first-order valence-electron chi connectivity index (χ1n) is 13.5. The lowest BCUT2D eigenvalue weighted by atomic mass is 10.1. The van der Waals surface area contributed by atoms with Crippen molar-refractivity contribution in [2.45, 2.75) is 47.1 Å². The molecule has 3 N–H and O–H groups in total. The van der Waals surface area contributed by atoms with E-state index >= 15 is 0 Å². The molecule has 0 aliphatic rings. The van der Waals surface area contributed by atoms with Crippen molar-refractivity contribution in [1.82, 2.24) is 24.1 Å². The lowest BCUT2D eigenvalue weighted by Crippen LogP contribution is -2.29. The van der Waals surface area contributed by atoms with Crippen LogP contribution >= 0.6 is 0 Å². The predicted octanol–water partition coefficient (Wildman–Crippen LogP) is 5.26. The van der Waals surface area contributed by atoms with Gasteiger partial charge in [0.15, 0.2) is 0 Å². The first-order valence-corrected chi connectivity index (χ1v) is 13.5. The molecule has 0 fully saturated rings. The van der Waals surface area contributed by atoms with Crippen LogP contribution in [0.3, 0.4) is 0 Å². The molecular formula is C32H33N7O2. The summed E-state index contributed by atoms with van der Waals surface area (Å²) in [5.41, 5.74) is 10.8. The fourth-order valence-electron chi connectivity index (χ4n) is 5.11. The Balaban J connectivity index is 1.73. The second kappa shape index (κ2) is 11.2. The number of aryl methyl sites for hydroxylation is 4. The second-order valence-corrected chi connectivity index (χ2v) is 10.1. The van der Waals surface area contributed by atoms with E-state index in [1.807, 2.05) is 99.8 Å². The van der Waals surface area contributed by atoms with E-state index in [4.69, 9.17) is 20.7 Å². The highest BCUT2D eigenvalue weighted by Crippen LogP contribution is 2.29. The Morgan fingerprint density at radius 3 is 2.29 bits per heavy atom. The molecule has 0 saturated heterocycles. The van der Waals surface area contributed by atoms with Crippen LogP contribution in [-0.2, 0) is 4.79 Å². The number of carbonyl (C=O) groups is 1. The van der Waals surface area contributed by atoms with Crippen molar-refractivity contribution in [1.29, 1.82) is 0 Å². The van der Waals surface area contributed by atoms with Crippen molar-refractivity contribution in [3.8, 4) is 11.6 Å². The lowest BCUT2D eigenvalue weighted by Gasteiger charge is -2.24. The van der Waals surface area contributed by atoms with E-state index in [0.717, 1.165) is 22.6 Å². The number of para-hydroxylation sites is 1. The molecule has 0 saturated carbocycles. The summed E-state index contributed by atoms with van der Waals surface area (Å²) in [6.45, 7) is 9.79. The molecule has 41 heavy (non-hydrogen) atoms. The minimum Gasteiger partial charge on any atom is -0.366 e. The highest BCUT2D eigenvalue weighted by atomic mass is 16.1. The maximum absolute atomic E-state index is 14.0. The second-order valence-electron chi connectivity index (χ2n) is 10.1. The van der Waals surface area contributed by atoms with Gasteiger partial charge in [-0.15, -0.1) is 0 Å². The zero-order chi connectivity index (χ0) is 29.3. The summed E-state index contributed by atoms with van der Waals surface area (Å²) in [5, 5.41) is 4.13. The van der Waals surface area contributed by atoms with E-state index in [1.165, 1.54) is 6.08 Å². The number of hydrogen-bond donors (Lipinski definition) is 2. The molecule has 1 amide bonds. The molecule has 0 aliphatic heterocycles. The number of anilines is 1. The van der Waals surface area contributed by atoms with Crippen LogP contribution < -0.4 is 16.6 Å². The number of primary amides is 1. The number of carbonyl (C=O) groups excluding carboxylic acids is 1. The van der Waals surface area contributed by atoms with Crippen molar-refractivity contribution >= 4 is 28.7 Å². The summed E-state index contributed by atoms with van der Waals surface area (Å²) in [5.74, 6) is 0.979. The fourth-order valence-corrected chi connectivity index (χ4v) is 5.11. The number of amides is 1. The number of rotatable bonds is 8. The van der Waals surface area contributed by atoms with Crippen LogP contribution in [0.1, 0.15) is 53.4 Å². The van der Waals surface area contributed by atoms with Crippen molar-refractivity contribution < 1.29 is 4.79 Å². The molecule has 1 atom stereocenters. The summed E-state index contributed by atoms with van der Waals surface area (Å²) in [4.78, 5) is 40.4. The molecule has 3 heterocycles. The first kappa shape index (κ1) is 27.5. The molecule has 9 heteroatoms. The summed E-state index contributed by atoms with van der Waals surface area (Å²) >= 11 is 0. The van der Waals surface area contributed by atoms with E-state index in [9.17, 15) is 9.59 Å². The maximum atomic E-state index is 14.0. The zero-order valence-electron chi connectivity index (χ0n) is 23.8. The first-order chi connectivity index (χ1) is 19.7. The SMILES string of the molecule is CCC(Nc1nc(-n2c(C)ccc2C)nc(C)c1/C=C/C(N)=O)c1nc2cccc(C)c2c(=O)n1-c1ccccc1. The molecule has 3 aromatic heterocycles. The minimum absolute atomic E-state index is 0.137. The molecular weight excluding hydrogens is 514 g/mol. The summed E-state index contributed by atoms with van der Waals surface area (Å²) in [6, 6.07) is 18.8. The van der Waals surface area contributed by atoms with E-state index < -0.39 is 11.9 Å². The van der Waals surface area contributed by atoms with Gasteiger partial charge in [0.2, 0.25) is 11.9 Å². The Kier molecular flexibility index (Phi) is 7.52. The van der Waals surface area contributed by atoms with Gasteiger partial charge in [-0.3, -0.25) is 18.7 Å². The number of nitrogens with two attached hydrogens (primary N) is 1. The van der Waals surface area contributed by atoms with Gasteiger partial charge in [-0.2, -0.15) is 4.98 Å². The van der Waals surface area contributed by atoms with Crippen LogP contribution in [0.2, 0.25) is 0 Å². The van der Waals surface area contributed by atoms with Gasteiger partial charge in [-0.25, -0.2) is 9.97 Å². The highest BCUT2D eigenvalue weighted by molar-refractivity contribution is 5.91. The lowest BCUT2D eigenvalue weighted by molar-refractivity contribution is -0.113. The van der Waals surface area contributed by atoms with Gasteiger partial charge in [-0.1, -0.05) is 37.3 Å². The van der Waals surface area contributed by atoms with Crippen LogP contribution in [0.5, 0.6) is 0 Å². The van der Waals surface area contributed by atoms with Crippen molar-refractivity contribution in [2.24, 2.45) is 5.73 Å². The number of nitrogens with zero attached hydrogens (tertiary/aromatic N) is 5. The minimum atomic E-state index is -0.576. The van der Waals surface area contributed by atoms with Crippen molar-refractivity contribution in [2.75, 3.05) is 5.32 Å². The molecule has 208 valence electrons. The van der Waals surface area contributed by atoms with E-state index in [1.54, 1.807) is 10.6 Å². The third kappa shape index (κ3) is 5.26. The molecule has 1 unspecified atom stereocenters. The highest BCUT2D eigenvalue weighted by Gasteiger charge is 2.23. The Bertz CT molecular complexity index is 1830. The Morgan fingerprint density at radius 1 is 0.927 bits per heavy atom. The third-order valence-corrected chi connectivity index (χ3v) is 7.19. The van der Waals surface area contributed by atoms with Gasteiger partial charge in [0, 0.05) is 23.0 Å². The maximum Gasteiger partial charge on any atom is 0.266 e. The summed E-state index contributed by atoms with van der Waals surface area (Å²) in [7, 11) is 0. The molecule has 0 spiro atoms. The standard InChI is InChI=1S/C32H33N7O2/c1-6-25(30-36-26-14-10-11-19(2)28(26)31(41)39(30)23-12-8-7-9-13-23)35-29-24(17-18-27(33)40)22(5)34-32(37-29)38-20(3)15-16-21(38)4/h7-18,25H,6H2,1-5H3,(H2,33,40)(H,34,35,37)/b18-17+. The number of aromatic nitrogens is 5. The number of hydrogen-bond acceptors (Lipinski definition) is 6. The predicted molar refractivity (Wildman–Crippen MR) is 163 cm³/mol. The van der Waals surface area contributed by atoms with Crippen LogP contribution in [0.25, 0.3) is 28.6 Å². The van der Waals surface area contributed by atoms with Gasteiger partial charge in [-0.05, 0) is 76.1 Å². The van der Waals surface area contributed by atoms with Gasteiger partial charge in [0.1, 0.15) is 11.6 Å². The molecule has 9 nitrogen and oxygen atoms in total. The number of fused-ring (bicyclic) bond motifs is 1. The molecule has 5 aromatic rings. The van der Waals surface area contributed by atoms with Crippen LogP contribution in [0, 0.1) is 27.7 Å². The van der Waals surface area contributed by atoms with Gasteiger partial charge >= 0.3 is 0 Å². The molecule has 0 aliphatic carbocycles. The molecule has 5 rings (SSSR count). The zero-order valence-corrected chi connectivity index (χ0v) is 23.8. The van der Waals surface area contributed by atoms with Crippen LogP contribution in [0.4, 0.5) is 5.82 Å². The Morgan fingerprint density at radius 2 is 1.63 bits per heavy atom. The molecule has 0 radical (unpaired) electrons. The van der Waals surface area contributed by atoms with Gasteiger partial charge in [0.25, 0.3) is 5.56 Å². The van der Waals surface area contributed by atoms with Crippen LogP contribution in [-0.4, -0.2) is 30.0 Å². The average Bonchev–Trinajstić information content (AvgIpc) is 3.28. The largest absolute Gasteiger partial charge is 0.366 e. The fraction of sp³-hybridized carbons (Fsp3) is 0.219. The Hall–Kier alpha value is -5.05. The van der Waals surface area contributed by atoms with E-state index in [-0.39, 0.29) is 5.56 Å². The topological polar surface area (TPSA) is 121 Å². The van der Waals surface area contributed by atoms with Crippen molar-refractivity contribution in [3.05, 3.63) is 111 Å². The van der Waals surface area contributed by atoms with Gasteiger partial charge in [0.05, 0.1) is 28.3 Å². The van der Waals surface area contributed by atoms with Crippen molar-refractivity contribution in [3.63, 3.8) is 0 Å². The molecule has 0 bridgehead atoms. The quantitative estimate of drug-likeness (QED) is 0.256.